The fraction of sp³-hybridized carbons (Fsp3) is 0.368. The van der Waals surface area contributed by atoms with Gasteiger partial charge in [0.2, 0.25) is 0 Å². The van der Waals surface area contributed by atoms with Crippen molar-refractivity contribution in [2.75, 3.05) is 0 Å². The molecule has 1 fully saturated rings. The average Bonchev–Trinajstić information content (AvgIpc) is 2.38. The highest BCUT2D eigenvalue weighted by Crippen LogP contribution is 2.49. The van der Waals surface area contributed by atoms with Crippen LogP contribution in [-0.4, -0.2) is 0 Å². The SMILES string of the molecule is c1cc2cc(c1)[C@H]1CC[C@@H]1c1cccc(c1)CCC2. The van der Waals surface area contributed by atoms with Crippen LogP contribution in [0.1, 0.15) is 53.4 Å². The molecule has 0 nitrogen and oxygen atoms in total. The summed E-state index contributed by atoms with van der Waals surface area (Å²) in [6.07, 6.45) is 6.42. The van der Waals surface area contributed by atoms with Crippen molar-refractivity contribution in [2.24, 2.45) is 0 Å². The van der Waals surface area contributed by atoms with E-state index in [1.54, 1.807) is 11.1 Å². The molecule has 0 heterocycles. The van der Waals surface area contributed by atoms with E-state index in [0.717, 1.165) is 11.8 Å². The van der Waals surface area contributed by atoms with Crippen molar-refractivity contribution in [3.8, 4) is 0 Å². The first-order chi connectivity index (χ1) is 9.40. The van der Waals surface area contributed by atoms with Crippen LogP contribution in [0.4, 0.5) is 0 Å². The van der Waals surface area contributed by atoms with Gasteiger partial charge < -0.3 is 0 Å². The van der Waals surface area contributed by atoms with Crippen molar-refractivity contribution < 1.29 is 0 Å². The first-order valence-electron chi connectivity index (χ1n) is 7.58. The summed E-state index contributed by atoms with van der Waals surface area (Å²) < 4.78 is 0. The van der Waals surface area contributed by atoms with Crippen molar-refractivity contribution in [2.45, 2.75) is 43.9 Å². The predicted molar refractivity (Wildman–Crippen MR) is 79.6 cm³/mol. The van der Waals surface area contributed by atoms with Crippen molar-refractivity contribution in [1.29, 1.82) is 0 Å². The van der Waals surface area contributed by atoms with E-state index in [2.05, 4.69) is 48.5 Å². The molecule has 0 heteroatoms. The number of rotatable bonds is 0. The number of benzene rings is 2. The summed E-state index contributed by atoms with van der Waals surface area (Å²) in [6.45, 7) is 0. The van der Waals surface area contributed by atoms with Gasteiger partial charge in [-0.05, 0) is 66.2 Å². The molecule has 1 saturated carbocycles. The van der Waals surface area contributed by atoms with Crippen LogP contribution >= 0.6 is 0 Å². The second-order valence-corrected chi connectivity index (χ2v) is 6.13. The third-order valence-corrected chi connectivity index (χ3v) is 4.96. The topological polar surface area (TPSA) is 0 Å². The highest BCUT2D eigenvalue weighted by atomic mass is 14.4. The van der Waals surface area contributed by atoms with Crippen LogP contribution in [0.2, 0.25) is 0 Å². The summed E-state index contributed by atoms with van der Waals surface area (Å²) in [7, 11) is 0. The molecule has 2 aliphatic rings. The molecule has 19 heavy (non-hydrogen) atoms. The molecule has 2 aliphatic carbocycles. The number of aryl methyl sites for hydroxylation is 2. The Labute approximate surface area is 115 Å². The molecule has 4 bridgehead atoms. The monoisotopic (exact) mass is 248 g/mol. The van der Waals surface area contributed by atoms with Gasteiger partial charge in [0.25, 0.3) is 0 Å². The van der Waals surface area contributed by atoms with E-state index < -0.39 is 0 Å². The van der Waals surface area contributed by atoms with E-state index >= 15 is 0 Å². The minimum atomic E-state index is 0.758. The summed E-state index contributed by atoms with van der Waals surface area (Å²) in [5.41, 5.74) is 6.19. The van der Waals surface area contributed by atoms with Crippen LogP contribution in [0, 0.1) is 0 Å². The standard InChI is InChI=1S/C19H20/c1-4-14-6-2-8-16(12-14)18-10-11-19(18)17-9-3-7-15(5-1)13-17/h2-3,6-9,12-13,18-19H,1,4-5,10-11H2/t18-,19-/m1/s1. The Morgan fingerprint density at radius 2 is 1.21 bits per heavy atom. The first kappa shape index (κ1) is 11.3. The van der Waals surface area contributed by atoms with Gasteiger partial charge in [-0.25, -0.2) is 0 Å². The smallest absolute Gasteiger partial charge is 0.00928 e. The maximum Gasteiger partial charge on any atom is -0.00928 e. The molecular formula is C19H20. The second kappa shape index (κ2) is 4.52. The lowest BCUT2D eigenvalue weighted by Crippen LogP contribution is -2.21. The lowest BCUT2D eigenvalue weighted by molar-refractivity contribution is 0.346. The molecule has 2 aromatic rings. The van der Waals surface area contributed by atoms with Crippen LogP contribution in [-0.2, 0) is 12.8 Å². The molecule has 96 valence electrons. The quantitative estimate of drug-likeness (QED) is 0.626. The summed E-state index contributed by atoms with van der Waals surface area (Å²) in [5.74, 6) is 1.52. The molecule has 0 aromatic heterocycles. The molecular weight excluding hydrogens is 228 g/mol. The molecule has 0 radical (unpaired) electrons. The predicted octanol–water partition coefficient (Wildman–Crippen LogP) is 4.84. The van der Waals surface area contributed by atoms with E-state index in [0.29, 0.717) is 0 Å². The van der Waals surface area contributed by atoms with E-state index in [1.807, 2.05) is 0 Å². The largest absolute Gasteiger partial charge is 0.0617 e. The molecule has 2 aromatic carbocycles. The van der Waals surface area contributed by atoms with E-state index in [-0.39, 0.29) is 0 Å². The van der Waals surface area contributed by atoms with Gasteiger partial charge in [-0.3, -0.25) is 0 Å². The Bertz CT molecular complexity index is 543. The fourth-order valence-corrected chi connectivity index (χ4v) is 3.75. The van der Waals surface area contributed by atoms with Crippen molar-refractivity contribution in [3.63, 3.8) is 0 Å². The Balaban J connectivity index is 1.80. The molecule has 0 spiro atoms. The maximum absolute atomic E-state index is 2.46. The minimum absolute atomic E-state index is 0.758. The minimum Gasteiger partial charge on any atom is -0.0617 e. The summed E-state index contributed by atoms with van der Waals surface area (Å²) in [5, 5.41) is 0. The molecule has 0 amide bonds. The Hall–Kier alpha value is -1.56. The van der Waals surface area contributed by atoms with Gasteiger partial charge in [0.05, 0.1) is 0 Å². The van der Waals surface area contributed by atoms with Crippen LogP contribution in [0.15, 0.2) is 48.5 Å². The molecule has 0 saturated heterocycles. The molecule has 4 rings (SSSR count). The first-order valence-corrected chi connectivity index (χ1v) is 7.58. The molecule has 0 unspecified atom stereocenters. The van der Waals surface area contributed by atoms with Crippen molar-refractivity contribution in [3.05, 3.63) is 70.8 Å². The maximum atomic E-state index is 2.46. The van der Waals surface area contributed by atoms with E-state index in [9.17, 15) is 0 Å². The zero-order valence-corrected chi connectivity index (χ0v) is 11.3. The van der Waals surface area contributed by atoms with E-state index in [4.69, 9.17) is 0 Å². The molecule has 0 aliphatic heterocycles. The fourth-order valence-electron chi connectivity index (χ4n) is 3.75. The van der Waals surface area contributed by atoms with Crippen molar-refractivity contribution >= 4 is 0 Å². The average molecular weight is 248 g/mol. The normalized spacial score (nSPS) is 24.8. The van der Waals surface area contributed by atoms with Gasteiger partial charge in [0.1, 0.15) is 0 Å². The van der Waals surface area contributed by atoms with Gasteiger partial charge in [0.15, 0.2) is 0 Å². The molecule has 0 N–H and O–H groups in total. The number of fused-ring (bicyclic) bond motifs is 7. The van der Waals surface area contributed by atoms with Crippen LogP contribution in [0.25, 0.3) is 0 Å². The Morgan fingerprint density at radius 3 is 1.68 bits per heavy atom. The van der Waals surface area contributed by atoms with Gasteiger partial charge in [-0.15, -0.1) is 0 Å². The van der Waals surface area contributed by atoms with E-state index in [1.165, 1.54) is 43.2 Å². The summed E-state index contributed by atoms with van der Waals surface area (Å²) >= 11 is 0. The highest BCUT2D eigenvalue weighted by Gasteiger charge is 2.33. The number of hydrogen-bond donors (Lipinski definition) is 0. The Morgan fingerprint density at radius 1 is 0.684 bits per heavy atom. The van der Waals surface area contributed by atoms with Gasteiger partial charge in [0, 0.05) is 0 Å². The van der Waals surface area contributed by atoms with Crippen LogP contribution in [0.5, 0.6) is 0 Å². The third-order valence-electron chi connectivity index (χ3n) is 4.96. The number of hydrogen-bond acceptors (Lipinski definition) is 0. The lowest BCUT2D eigenvalue weighted by Gasteiger charge is -2.38. The zero-order chi connectivity index (χ0) is 12.7. The summed E-state index contributed by atoms with van der Waals surface area (Å²) in [6, 6.07) is 18.7. The second-order valence-electron chi connectivity index (χ2n) is 6.13. The van der Waals surface area contributed by atoms with Gasteiger partial charge in [-0.1, -0.05) is 48.5 Å². The van der Waals surface area contributed by atoms with Gasteiger partial charge >= 0.3 is 0 Å². The third kappa shape index (κ3) is 2.00. The van der Waals surface area contributed by atoms with Crippen molar-refractivity contribution in [1.82, 2.24) is 0 Å². The lowest BCUT2D eigenvalue weighted by atomic mass is 9.66. The summed E-state index contributed by atoms with van der Waals surface area (Å²) in [4.78, 5) is 0. The zero-order valence-electron chi connectivity index (χ0n) is 11.3. The van der Waals surface area contributed by atoms with Crippen LogP contribution < -0.4 is 0 Å². The van der Waals surface area contributed by atoms with Gasteiger partial charge in [-0.2, -0.15) is 0 Å². The highest BCUT2D eigenvalue weighted by molar-refractivity contribution is 5.36. The molecule has 2 atom stereocenters. The Kier molecular flexibility index (Phi) is 2.69. The van der Waals surface area contributed by atoms with Crippen LogP contribution in [0.3, 0.4) is 0 Å².